The number of ether oxygens (including phenoxy) is 3. The highest BCUT2D eigenvalue weighted by Crippen LogP contribution is 2.41. The zero-order valence-corrected chi connectivity index (χ0v) is 21.6. The Hall–Kier alpha value is -4.59. The minimum atomic E-state index is -0.454. The van der Waals surface area contributed by atoms with Crippen LogP contribution in [0.3, 0.4) is 0 Å². The first kappa shape index (κ1) is 24.1. The second-order valence-electron chi connectivity index (χ2n) is 8.94. The molecular weight excluding hydrogens is 470 g/mol. The summed E-state index contributed by atoms with van der Waals surface area (Å²) >= 11 is 0. The molecule has 0 saturated heterocycles. The predicted octanol–water partition coefficient (Wildman–Crippen LogP) is 4.55. The number of rotatable bonds is 5. The maximum atomic E-state index is 14.2. The van der Waals surface area contributed by atoms with E-state index < -0.39 is 5.56 Å². The van der Waals surface area contributed by atoms with Gasteiger partial charge in [0.25, 0.3) is 5.56 Å². The average Bonchev–Trinajstić information content (AvgIpc) is 2.89. The molecule has 0 saturated carbocycles. The van der Waals surface area contributed by atoms with E-state index in [0.717, 1.165) is 11.1 Å². The van der Waals surface area contributed by atoms with E-state index in [9.17, 15) is 9.59 Å². The Morgan fingerprint density at radius 3 is 2.03 bits per heavy atom. The lowest BCUT2D eigenvalue weighted by atomic mass is 10.1. The van der Waals surface area contributed by atoms with E-state index in [-0.39, 0.29) is 16.5 Å². The molecule has 8 nitrogen and oxygen atoms in total. The molecule has 0 aliphatic heterocycles. The summed E-state index contributed by atoms with van der Waals surface area (Å²) in [6, 6.07) is 16.5. The van der Waals surface area contributed by atoms with Gasteiger partial charge in [0.1, 0.15) is 11.2 Å². The van der Waals surface area contributed by atoms with Crippen molar-refractivity contribution in [1.82, 2.24) is 14.1 Å². The van der Waals surface area contributed by atoms with Gasteiger partial charge in [-0.15, -0.1) is 0 Å². The maximum absolute atomic E-state index is 14.2. The molecule has 0 radical (unpaired) electrons. The quantitative estimate of drug-likeness (QED) is 0.331. The van der Waals surface area contributed by atoms with E-state index >= 15 is 0 Å². The van der Waals surface area contributed by atoms with Gasteiger partial charge in [0.05, 0.1) is 32.5 Å². The lowest BCUT2D eigenvalue weighted by molar-refractivity contribution is 0.324. The molecule has 2 heterocycles. The number of hydrogen-bond acceptors (Lipinski definition) is 6. The highest BCUT2D eigenvalue weighted by Gasteiger charge is 2.23. The lowest BCUT2D eigenvalue weighted by Crippen LogP contribution is -2.28. The fourth-order valence-electron chi connectivity index (χ4n) is 4.88. The molecule has 0 aliphatic carbocycles. The molecule has 2 aromatic heterocycles. The lowest BCUT2D eigenvalue weighted by Gasteiger charge is -2.19. The van der Waals surface area contributed by atoms with Crippen molar-refractivity contribution in [3.8, 4) is 34.3 Å². The number of fused-ring (bicyclic) bond motifs is 2. The van der Waals surface area contributed by atoms with Crippen LogP contribution in [0.25, 0.3) is 39.0 Å². The number of para-hydroxylation sites is 1. The molecule has 37 heavy (non-hydrogen) atoms. The number of aromatic nitrogens is 3. The van der Waals surface area contributed by atoms with Gasteiger partial charge in [-0.3, -0.25) is 14.2 Å². The Balaban J connectivity index is 2.01. The van der Waals surface area contributed by atoms with Gasteiger partial charge >= 0.3 is 0 Å². The van der Waals surface area contributed by atoms with Gasteiger partial charge in [-0.25, -0.2) is 4.98 Å². The fraction of sp³-hybridized carbons (Fsp3) is 0.207. The molecule has 0 aliphatic rings. The fourth-order valence-corrected chi connectivity index (χ4v) is 4.88. The molecule has 3 aromatic carbocycles. The van der Waals surface area contributed by atoms with Gasteiger partial charge in [-0.2, -0.15) is 0 Å². The molecular formula is C29H27N3O5. The number of nitrogens with zero attached hydrogens (tertiary/aromatic N) is 3. The van der Waals surface area contributed by atoms with Crippen LogP contribution in [0.15, 0.2) is 64.2 Å². The first-order valence-corrected chi connectivity index (χ1v) is 11.7. The number of aryl methyl sites for hydroxylation is 3. The summed E-state index contributed by atoms with van der Waals surface area (Å²) in [4.78, 5) is 32.7. The normalized spacial score (nSPS) is 11.2. The topological polar surface area (TPSA) is 84.6 Å². The summed E-state index contributed by atoms with van der Waals surface area (Å²) in [5, 5.41) is 0.487. The summed E-state index contributed by atoms with van der Waals surface area (Å²) in [7, 11) is 6.39. The van der Waals surface area contributed by atoms with E-state index in [1.807, 2.05) is 44.2 Å². The van der Waals surface area contributed by atoms with Crippen molar-refractivity contribution in [2.75, 3.05) is 21.3 Å². The van der Waals surface area contributed by atoms with Gasteiger partial charge in [-0.1, -0.05) is 18.2 Å². The van der Waals surface area contributed by atoms with Crippen LogP contribution in [-0.2, 0) is 7.05 Å². The third-order valence-corrected chi connectivity index (χ3v) is 6.51. The molecule has 5 aromatic rings. The minimum absolute atomic E-state index is 0.0246. The van der Waals surface area contributed by atoms with E-state index in [4.69, 9.17) is 19.2 Å². The second kappa shape index (κ2) is 9.13. The zero-order valence-electron chi connectivity index (χ0n) is 21.6. The van der Waals surface area contributed by atoms with Crippen LogP contribution in [0.4, 0.5) is 0 Å². The first-order chi connectivity index (χ1) is 17.8. The van der Waals surface area contributed by atoms with Crippen molar-refractivity contribution in [2.24, 2.45) is 7.05 Å². The number of hydrogen-bond donors (Lipinski definition) is 0. The van der Waals surface area contributed by atoms with Crippen LogP contribution in [0.5, 0.6) is 17.2 Å². The Labute approximate surface area is 213 Å². The van der Waals surface area contributed by atoms with E-state index in [0.29, 0.717) is 45.2 Å². The van der Waals surface area contributed by atoms with E-state index in [2.05, 4.69) is 0 Å². The van der Waals surface area contributed by atoms with E-state index in [1.165, 1.54) is 25.9 Å². The monoisotopic (exact) mass is 497 g/mol. The SMILES string of the molecule is COc1cc(-c2nc3c(c(=O)c4ccccc4n3C)c(=O)n2-c2cc(C)cc(C)c2)cc(OC)c1OC. The largest absolute Gasteiger partial charge is 0.493 e. The highest BCUT2D eigenvalue weighted by molar-refractivity contribution is 5.92. The molecule has 0 atom stereocenters. The van der Waals surface area contributed by atoms with Crippen LogP contribution in [0.2, 0.25) is 0 Å². The first-order valence-electron chi connectivity index (χ1n) is 11.7. The van der Waals surface area contributed by atoms with Crippen molar-refractivity contribution < 1.29 is 14.2 Å². The third kappa shape index (κ3) is 3.81. The molecule has 0 unspecified atom stereocenters. The van der Waals surface area contributed by atoms with Crippen LogP contribution in [-0.4, -0.2) is 35.4 Å². The molecule has 0 N–H and O–H groups in total. The Bertz CT molecular complexity index is 1770. The second-order valence-corrected chi connectivity index (χ2v) is 8.94. The molecule has 5 rings (SSSR count). The van der Waals surface area contributed by atoms with Crippen molar-refractivity contribution in [3.63, 3.8) is 0 Å². The molecule has 0 spiro atoms. The summed E-state index contributed by atoms with van der Waals surface area (Å²) in [6.45, 7) is 3.92. The molecule has 0 bridgehead atoms. The van der Waals surface area contributed by atoms with Gasteiger partial charge in [0.2, 0.25) is 11.2 Å². The number of methoxy groups -OCH3 is 3. The Morgan fingerprint density at radius 1 is 0.811 bits per heavy atom. The van der Waals surface area contributed by atoms with Crippen molar-refractivity contribution >= 4 is 21.9 Å². The summed E-state index contributed by atoms with van der Waals surface area (Å²) in [5.74, 6) is 1.61. The highest BCUT2D eigenvalue weighted by atomic mass is 16.5. The minimum Gasteiger partial charge on any atom is -0.493 e. The summed E-state index contributed by atoms with van der Waals surface area (Å²) in [6.07, 6.45) is 0. The third-order valence-electron chi connectivity index (χ3n) is 6.51. The van der Waals surface area contributed by atoms with Crippen molar-refractivity contribution in [1.29, 1.82) is 0 Å². The number of pyridine rings is 1. The maximum Gasteiger partial charge on any atom is 0.271 e. The van der Waals surface area contributed by atoms with Crippen LogP contribution >= 0.6 is 0 Å². The van der Waals surface area contributed by atoms with Gasteiger partial charge in [-0.05, 0) is 61.4 Å². The summed E-state index contributed by atoms with van der Waals surface area (Å²) < 4.78 is 19.9. The Kier molecular flexibility index (Phi) is 5.95. The van der Waals surface area contributed by atoms with Crippen molar-refractivity contribution in [2.45, 2.75) is 13.8 Å². The zero-order chi connectivity index (χ0) is 26.4. The molecule has 188 valence electrons. The van der Waals surface area contributed by atoms with Gasteiger partial charge in [0.15, 0.2) is 17.1 Å². The van der Waals surface area contributed by atoms with Gasteiger partial charge in [0, 0.05) is 18.0 Å². The summed E-state index contributed by atoms with van der Waals surface area (Å²) in [5.41, 5.74) is 3.29. The smallest absolute Gasteiger partial charge is 0.271 e. The molecule has 8 heteroatoms. The van der Waals surface area contributed by atoms with Crippen molar-refractivity contribution in [3.05, 3.63) is 86.3 Å². The average molecular weight is 498 g/mol. The standard InChI is InChI=1S/C29H27N3O5/c1-16-11-17(2)13-19(12-16)32-27(18-14-22(35-4)26(37-6)23(15-18)36-5)30-28-24(29(32)34)25(33)20-9-7-8-10-21(20)31(28)3/h7-15H,1-6H3. The molecule has 0 amide bonds. The van der Waals surface area contributed by atoms with Crippen LogP contribution in [0, 0.1) is 13.8 Å². The number of benzene rings is 3. The predicted molar refractivity (Wildman–Crippen MR) is 145 cm³/mol. The van der Waals surface area contributed by atoms with E-state index in [1.54, 1.807) is 35.9 Å². The van der Waals surface area contributed by atoms with Gasteiger partial charge < -0.3 is 18.8 Å². The van der Waals surface area contributed by atoms with Crippen LogP contribution in [0.1, 0.15) is 11.1 Å². The van der Waals surface area contributed by atoms with Crippen LogP contribution < -0.4 is 25.2 Å². The Morgan fingerprint density at radius 2 is 1.43 bits per heavy atom. The molecule has 0 fully saturated rings.